The normalized spacial score (nSPS) is 11.2. The van der Waals surface area contributed by atoms with E-state index in [2.05, 4.69) is 29.5 Å². The molecule has 4 rings (SSSR count). The third-order valence-corrected chi connectivity index (χ3v) is 3.49. The van der Waals surface area contributed by atoms with Crippen molar-refractivity contribution in [2.75, 3.05) is 0 Å². The van der Waals surface area contributed by atoms with Gasteiger partial charge >= 0.3 is 0 Å². The zero-order valence-corrected chi connectivity index (χ0v) is 11.3. The first-order valence-electron chi connectivity index (χ1n) is 6.84. The van der Waals surface area contributed by atoms with Crippen LogP contribution < -0.4 is 0 Å². The number of nitrogens with zero attached hydrogens (tertiary/aromatic N) is 4. The molecule has 0 saturated carbocycles. The molecule has 1 aromatic carbocycles. The number of imidazole rings is 3. The molecule has 0 amide bonds. The second-order valence-corrected chi connectivity index (χ2v) is 4.87. The van der Waals surface area contributed by atoms with Crippen LogP contribution in [0.3, 0.4) is 0 Å². The van der Waals surface area contributed by atoms with Gasteiger partial charge in [-0.3, -0.25) is 0 Å². The average molecular weight is 278 g/mol. The van der Waals surface area contributed by atoms with Crippen molar-refractivity contribution in [1.29, 1.82) is 0 Å². The number of rotatable bonds is 4. The van der Waals surface area contributed by atoms with Gasteiger partial charge in [0.1, 0.15) is 0 Å². The van der Waals surface area contributed by atoms with E-state index in [1.54, 1.807) is 12.5 Å². The zero-order chi connectivity index (χ0) is 14.1. The van der Waals surface area contributed by atoms with Gasteiger partial charge in [-0.2, -0.15) is 0 Å². The molecule has 21 heavy (non-hydrogen) atoms. The lowest BCUT2D eigenvalue weighted by atomic mass is 10.3. The van der Waals surface area contributed by atoms with Crippen LogP contribution in [0.15, 0.2) is 49.2 Å². The fourth-order valence-electron chi connectivity index (χ4n) is 2.43. The fourth-order valence-corrected chi connectivity index (χ4v) is 2.43. The summed E-state index contributed by atoms with van der Waals surface area (Å²) in [7, 11) is 0. The van der Waals surface area contributed by atoms with E-state index in [-0.39, 0.29) is 0 Å². The minimum atomic E-state index is 0.797. The van der Waals surface area contributed by atoms with Crippen LogP contribution in [-0.2, 0) is 13.0 Å². The van der Waals surface area contributed by atoms with E-state index in [0.29, 0.717) is 0 Å². The zero-order valence-electron chi connectivity index (χ0n) is 11.3. The number of benzene rings is 1. The lowest BCUT2D eigenvalue weighted by molar-refractivity contribution is 0.691. The second-order valence-electron chi connectivity index (χ2n) is 4.87. The predicted molar refractivity (Wildman–Crippen MR) is 79.6 cm³/mol. The summed E-state index contributed by atoms with van der Waals surface area (Å²) in [5.41, 5.74) is 3.09. The summed E-state index contributed by atoms with van der Waals surface area (Å²) in [5.74, 6) is 1.65. The Balaban J connectivity index is 1.64. The van der Waals surface area contributed by atoms with Crippen molar-refractivity contribution in [3.8, 4) is 11.6 Å². The van der Waals surface area contributed by atoms with Crippen LogP contribution in [0.4, 0.5) is 0 Å². The first kappa shape index (κ1) is 11.9. The van der Waals surface area contributed by atoms with Gasteiger partial charge < -0.3 is 14.5 Å². The van der Waals surface area contributed by atoms with Gasteiger partial charge in [-0.25, -0.2) is 15.0 Å². The highest BCUT2D eigenvalue weighted by Gasteiger charge is 2.10. The topological polar surface area (TPSA) is 75.2 Å². The molecule has 0 unspecified atom stereocenters. The van der Waals surface area contributed by atoms with Crippen LogP contribution in [0.1, 0.15) is 5.69 Å². The van der Waals surface area contributed by atoms with Gasteiger partial charge in [-0.1, -0.05) is 12.1 Å². The fraction of sp³-hybridized carbons (Fsp3) is 0.133. The summed E-state index contributed by atoms with van der Waals surface area (Å²) in [4.78, 5) is 19.5. The van der Waals surface area contributed by atoms with Gasteiger partial charge in [0.15, 0.2) is 11.6 Å². The van der Waals surface area contributed by atoms with Crippen LogP contribution >= 0.6 is 0 Å². The van der Waals surface area contributed by atoms with Gasteiger partial charge in [-0.05, 0) is 12.1 Å². The van der Waals surface area contributed by atoms with Gasteiger partial charge in [-0.15, -0.1) is 0 Å². The summed E-state index contributed by atoms with van der Waals surface area (Å²) >= 11 is 0. The first-order chi connectivity index (χ1) is 10.4. The number of aromatic nitrogens is 6. The van der Waals surface area contributed by atoms with Crippen molar-refractivity contribution in [2.45, 2.75) is 13.0 Å². The van der Waals surface area contributed by atoms with E-state index in [1.165, 1.54) is 0 Å². The molecule has 0 saturated heterocycles. The number of para-hydroxylation sites is 2. The molecular formula is C15H14N6. The Bertz CT molecular complexity index is 822. The largest absolute Gasteiger partial charge is 0.348 e. The van der Waals surface area contributed by atoms with Crippen molar-refractivity contribution in [3.05, 3.63) is 54.9 Å². The molecule has 2 N–H and O–H groups in total. The minimum absolute atomic E-state index is 0.797. The van der Waals surface area contributed by atoms with Crippen molar-refractivity contribution >= 4 is 11.0 Å². The quantitative estimate of drug-likeness (QED) is 0.602. The molecule has 0 fully saturated rings. The number of fused-ring (bicyclic) bond motifs is 1. The first-order valence-corrected chi connectivity index (χ1v) is 6.84. The van der Waals surface area contributed by atoms with Gasteiger partial charge in [0, 0.05) is 37.3 Å². The van der Waals surface area contributed by atoms with Crippen LogP contribution in [0.5, 0.6) is 0 Å². The molecule has 3 aromatic heterocycles. The lowest BCUT2D eigenvalue weighted by Crippen LogP contribution is -2.03. The van der Waals surface area contributed by atoms with Crippen LogP contribution in [-0.4, -0.2) is 29.5 Å². The highest BCUT2D eigenvalue weighted by molar-refractivity contribution is 5.78. The van der Waals surface area contributed by atoms with Crippen molar-refractivity contribution in [2.24, 2.45) is 0 Å². The van der Waals surface area contributed by atoms with E-state index >= 15 is 0 Å². The highest BCUT2D eigenvalue weighted by Crippen LogP contribution is 2.19. The highest BCUT2D eigenvalue weighted by atomic mass is 15.1. The maximum atomic E-state index is 4.60. The maximum absolute atomic E-state index is 4.60. The Hall–Kier alpha value is -2.89. The summed E-state index contributed by atoms with van der Waals surface area (Å²) in [6, 6.07) is 7.99. The smallest absolute Gasteiger partial charge is 0.176 e. The molecule has 104 valence electrons. The number of nitrogens with one attached hydrogen (secondary N) is 2. The Morgan fingerprint density at radius 3 is 3.00 bits per heavy atom. The molecule has 0 bridgehead atoms. The molecule has 0 aliphatic heterocycles. The Morgan fingerprint density at radius 2 is 2.14 bits per heavy atom. The number of H-pyrrole nitrogens is 2. The third-order valence-electron chi connectivity index (χ3n) is 3.49. The molecule has 0 aliphatic carbocycles. The average Bonchev–Trinajstić information content (AvgIpc) is 3.24. The van der Waals surface area contributed by atoms with Crippen LogP contribution in [0.2, 0.25) is 0 Å². The molecule has 0 atom stereocenters. The maximum Gasteiger partial charge on any atom is 0.176 e. The minimum Gasteiger partial charge on any atom is -0.348 e. The van der Waals surface area contributed by atoms with E-state index in [1.807, 2.05) is 36.7 Å². The molecular weight excluding hydrogens is 264 g/mol. The van der Waals surface area contributed by atoms with Gasteiger partial charge in [0.2, 0.25) is 0 Å². The Labute approximate surface area is 120 Å². The number of aromatic amines is 2. The van der Waals surface area contributed by atoms with Crippen molar-refractivity contribution in [1.82, 2.24) is 29.5 Å². The second kappa shape index (κ2) is 4.90. The van der Waals surface area contributed by atoms with E-state index in [9.17, 15) is 0 Å². The molecule has 6 nitrogen and oxygen atoms in total. The molecule has 4 aromatic rings. The number of hydrogen-bond donors (Lipinski definition) is 2. The number of aryl methyl sites for hydroxylation is 2. The standard InChI is InChI=1S/C15H14N6/c1-2-4-13-12(3-1)19-14(20-13)15-17-6-8-21(15)7-5-11-9-16-10-18-11/h1-4,6,8-10H,5,7H2,(H,16,18)(H,19,20). The van der Waals surface area contributed by atoms with Gasteiger partial charge in [0.25, 0.3) is 0 Å². The predicted octanol–water partition coefficient (Wildman–Crippen LogP) is 2.39. The molecule has 3 heterocycles. The summed E-state index contributed by atoms with van der Waals surface area (Å²) in [5, 5.41) is 0. The number of hydrogen-bond acceptors (Lipinski definition) is 3. The third kappa shape index (κ3) is 2.20. The summed E-state index contributed by atoms with van der Waals surface area (Å²) < 4.78 is 2.10. The lowest BCUT2D eigenvalue weighted by Gasteiger charge is -2.04. The van der Waals surface area contributed by atoms with Crippen molar-refractivity contribution < 1.29 is 0 Å². The molecule has 0 aliphatic rings. The van der Waals surface area contributed by atoms with E-state index < -0.39 is 0 Å². The van der Waals surface area contributed by atoms with Crippen molar-refractivity contribution in [3.63, 3.8) is 0 Å². The SMILES string of the molecule is c1ccc2[nH]c(-c3nccn3CCc3cnc[nH]3)nc2c1. The monoisotopic (exact) mass is 278 g/mol. The van der Waals surface area contributed by atoms with Crippen LogP contribution in [0.25, 0.3) is 22.7 Å². The summed E-state index contributed by atoms with van der Waals surface area (Å²) in [6.45, 7) is 0.828. The molecule has 0 spiro atoms. The molecule has 0 radical (unpaired) electrons. The van der Waals surface area contributed by atoms with Gasteiger partial charge in [0.05, 0.1) is 17.4 Å². The van der Waals surface area contributed by atoms with Crippen LogP contribution in [0, 0.1) is 0 Å². The molecule has 6 heteroatoms. The van der Waals surface area contributed by atoms with E-state index in [0.717, 1.165) is 41.3 Å². The Morgan fingerprint density at radius 1 is 1.19 bits per heavy atom. The Kier molecular flexibility index (Phi) is 2.77. The summed E-state index contributed by atoms with van der Waals surface area (Å²) in [6.07, 6.45) is 8.19. The van der Waals surface area contributed by atoms with E-state index in [4.69, 9.17) is 0 Å².